The maximum atomic E-state index is 12.7. The van der Waals surface area contributed by atoms with Crippen LogP contribution >= 0.6 is 11.3 Å². The van der Waals surface area contributed by atoms with E-state index in [9.17, 15) is 9.90 Å². The maximum Gasteiger partial charge on any atom is 0.245 e. The number of amides is 1. The minimum atomic E-state index is -0.595. The molecule has 4 nitrogen and oxygen atoms in total. The summed E-state index contributed by atoms with van der Waals surface area (Å²) in [4.78, 5) is 15.4. The van der Waals surface area contributed by atoms with Crippen molar-refractivity contribution >= 4 is 17.2 Å². The SMILES string of the molecule is NC(C(=O)N(Cc1cccc(O)c1)C1CC1)c1cccs1. The molecule has 1 heterocycles. The van der Waals surface area contributed by atoms with E-state index in [1.807, 2.05) is 28.5 Å². The predicted molar refractivity (Wildman–Crippen MR) is 82.9 cm³/mol. The molecule has 1 aromatic carbocycles. The van der Waals surface area contributed by atoms with Crippen LogP contribution in [0.1, 0.15) is 29.3 Å². The first-order chi connectivity index (χ1) is 10.1. The summed E-state index contributed by atoms with van der Waals surface area (Å²) in [7, 11) is 0. The van der Waals surface area contributed by atoms with E-state index in [1.165, 1.54) is 11.3 Å². The Morgan fingerprint density at radius 2 is 2.19 bits per heavy atom. The first kappa shape index (κ1) is 14.1. The molecule has 0 aliphatic heterocycles. The van der Waals surface area contributed by atoms with E-state index >= 15 is 0 Å². The van der Waals surface area contributed by atoms with Crippen molar-refractivity contribution in [1.29, 1.82) is 0 Å². The predicted octanol–water partition coefficient (Wildman–Crippen LogP) is 2.64. The molecule has 110 valence electrons. The molecular weight excluding hydrogens is 284 g/mol. The Bertz CT molecular complexity index is 623. The Morgan fingerprint density at radius 3 is 2.81 bits per heavy atom. The van der Waals surface area contributed by atoms with Crippen LogP contribution in [0.25, 0.3) is 0 Å². The van der Waals surface area contributed by atoms with Crippen LogP contribution in [0.3, 0.4) is 0 Å². The third-order valence-corrected chi connectivity index (χ3v) is 4.61. The van der Waals surface area contributed by atoms with Crippen molar-refractivity contribution in [2.24, 2.45) is 5.73 Å². The van der Waals surface area contributed by atoms with Gasteiger partial charge in [-0.2, -0.15) is 0 Å². The molecule has 1 aliphatic carbocycles. The van der Waals surface area contributed by atoms with E-state index < -0.39 is 6.04 Å². The molecule has 1 aliphatic rings. The van der Waals surface area contributed by atoms with Crippen molar-refractivity contribution in [1.82, 2.24) is 4.90 Å². The normalized spacial score (nSPS) is 15.7. The summed E-state index contributed by atoms with van der Waals surface area (Å²) in [6.07, 6.45) is 2.06. The zero-order valence-corrected chi connectivity index (χ0v) is 12.4. The Labute approximate surface area is 127 Å². The first-order valence-electron chi connectivity index (χ1n) is 7.02. The fraction of sp³-hybridized carbons (Fsp3) is 0.312. The molecule has 2 aromatic rings. The lowest BCUT2D eigenvalue weighted by Gasteiger charge is -2.25. The summed E-state index contributed by atoms with van der Waals surface area (Å²) in [6, 6.07) is 10.5. The summed E-state index contributed by atoms with van der Waals surface area (Å²) in [5.74, 6) is 0.182. The van der Waals surface area contributed by atoms with E-state index in [0.29, 0.717) is 6.54 Å². The Balaban J connectivity index is 1.77. The highest BCUT2D eigenvalue weighted by Crippen LogP contribution is 2.31. The van der Waals surface area contributed by atoms with Gasteiger partial charge in [0.25, 0.3) is 0 Å². The molecule has 0 radical (unpaired) electrons. The van der Waals surface area contributed by atoms with Gasteiger partial charge in [0.05, 0.1) is 0 Å². The lowest BCUT2D eigenvalue weighted by Crippen LogP contribution is -2.39. The van der Waals surface area contributed by atoms with Gasteiger partial charge in [0.15, 0.2) is 0 Å². The van der Waals surface area contributed by atoms with Gasteiger partial charge in [0.1, 0.15) is 11.8 Å². The van der Waals surface area contributed by atoms with E-state index in [0.717, 1.165) is 23.3 Å². The monoisotopic (exact) mass is 302 g/mol. The molecule has 5 heteroatoms. The quantitative estimate of drug-likeness (QED) is 0.892. The molecule has 21 heavy (non-hydrogen) atoms. The first-order valence-corrected chi connectivity index (χ1v) is 7.90. The van der Waals surface area contributed by atoms with Crippen molar-refractivity contribution in [3.05, 3.63) is 52.2 Å². The van der Waals surface area contributed by atoms with Crippen molar-refractivity contribution in [2.45, 2.75) is 31.5 Å². The Hall–Kier alpha value is -1.85. The summed E-state index contributed by atoms with van der Waals surface area (Å²) >= 11 is 1.51. The second-order valence-corrected chi connectivity index (χ2v) is 6.34. The third kappa shape index (κ3) is 3.25. The van der Waals surface area contributed by atoms with Crippen molar-refractivity contribution in [3.8, 4) is 5.75 Å². The number of hydrogen-bond acceptors (Lipinski definition) is 4. The van der Waals surface area contributed by atoms with Gasteiger partial charge in [-0.3, -0.25) is 4.79 Å². The minimum absolute atomic E-state index is 0.0386. The van der Waals surface area contributed by atoms with Crippen molar-refractivity contribution < 1.29 is 9.90 Å². The second-order valence-electron chi connectivity index (χ2n) is 5.36. The van der Waals surface area contributed by atoms with Gasteiger partial charge in [-0.15, -0.1) is 11.3 Å². The molecule has 0 spiro atoms. The van der Waals surface area contributed by atoms with Crippen LogP contribution in [0.5, 0.6) is 5.75 Å². The molecule has 1 atom stereocenters. The number of thiophene rings is 1. The summed E-state index contributed by atoms with van der Waals surface area (Å²) < 4.78 is 0. The molecule has 1 aromatic heterocycles. The molecule has 3 rings (SSSR count). The van der Waals surface area contributed by atoms with Gasteiger partial charge in [-0.1, -0.05) is 18.2 Å². The number of aromatic hydroxyl groups is 1. The van der Waals surface area contributed by atoms with Crippen LogP contribution in [-0.4, -0.2) is 22.0 Å². The van der Waals surface area contributed by atoms with E-state index in [-0.39, 0.29) is 17.7 Å². The van der Waals surface area contributed by atoms with Gasteiger partial charge >= 0.3 is 0 Å². The smallest absolute Gasteiger partial charge is 0.245 e. The lowest BCUT2D eigenvalue weighted by atomic mass is 10.1. The van der Waals surface area contributed by atoms with Gasteiger partial charge in [-0.05, 0) is 42.0 Å². The second kappa shape index (κ2) is 5.87. The zero-order chi connectivity index (χ0) is 14.8. The standard InChI is InChI=1S/C16H18N2O2S/c17-15(14-5-2-8-21-14)16(20)18(12-6-7-12)10-11-3-1-4-13(19)9-11/h1-5,8-9,12,15,19H,6-7,10,17H2. The Kier molecular flexibility index (Phi) is 3.94. The average Bonchev–Trinajstić information content (AvgIpc) is 3.17. The fourth-order valence-corrected chi connectivity index (χ4v) is 3.11. The Morgan fingerprint density at radius 1 is 1.38 bits per heavy atom. The van der Waals surface area contributed by atoms with Crippen LogP contribution < -0.4 is 5.73 Å². The molecule has 0 saturated heterocycles. The summed E-state index contributed by atoms with van der Waals surface area (Å²) in [5.41, 5.74) is 7.03. The van der Waals surface area contributed by atoms with Crippen LogP contribution in [0.15, 0.2) is 41.8 Å². The number of phenols is 1. The average molecular weight is 302 g/mol. The molecule has 1 saturated carbocycles. The van der Waals surface area contributed by atoms with Crippen molar-refractivity contribution in [2.75, 3.05) is 0 Å². The number of carbonyl (C=O) groups excluding carboxylic acids is 1. The fourth-order valence-electron chi connectivity index (χ4n) is 2.39. The number of hydrogen-bond donors (Lipinski definition) is 2. The van der Waals surface area contributed by atoms with Gasteiger partial charge in [0, 0.05) is 17.5 Å². The van der Waals surface area contributed by atoms with Crippen LogP contribution in [0.2, 0.25) is 0 Å². The molecule has 1 amide bonds. The topological polar surface area (TPSA) is 66.6 Å². The zero-order valence-electron chi connectivity index (χ0n) is 11.6. The van der Waals surface area contributed by atoms with E-state index in [1.54, 1.807) is 18.2 Å². The number of phenolic OH excluding ortho intramolecular Hbond substituents is 1. The minimum Gasteiger partial charge on any atom is -0.508 e. The van der Waals surface area contributed by atoms with E-state index in [2.05, 4.69) is 0 Å². The highest BCUT2D eigenvalue weighted by atomic mass is 32.1. The van der Waals surface area contributed by atoms with Gasteiger partial charge in [-0.25, -0.2) is 0 Å². The van der Waals surface area contributed by atoms with Crippen molar-refractivity contribution in [3.63, 3.8) is 0 Å². The van der Waals surface area contributed by atoms with E-state index in [4.69, 9.17) is 5.73 Å². The van der Waals surface area contributed by atoms with Crippen LogP contribution in [0.4, 0.5) is 0 Å². The molecule has 3 N–H and O–H groups in total. The van der Waals surface area contributed by atoms with Crippen LogP contribution in [-0.2, 0) is 11.3 Å². The summed E-state index contributed by atoms with van der Waals surface area (Å²) in [5, 5.41) is 11.5. The van der Waals surface area contributed by atoms with Gasteiger partial charge < -0.3 is 15.7 Å². The highest BCUT2D eigenvalue weighted by molar-refractivity contribution is 7.10. The number of carbonyl (C=O) groups is 1. The molecular formula is C16H18N2O2S. The number of nitrogens with two attached hydrogens (primary N) is 1. The molecule has 1 fully saturated rings. The number of nitrogens with zero attached hydrogens (tertiary/aromatic N) is 1. The maximum absolute atomic E-state index is 12.7. The van der Waals surface area contributed by atoms with Crippen LogP contribution in [0, 0.1) is 0 Å². The lowest BCUT2D eigenvalue weighted by molar-refractivity contribution is -0.133. The molecule has 1 unspecified atom stereocenters. The number of benzene rings is 1. The number of rotatable bonds is 5. The highest BCUT2D eigenvalue weighted by Gasteiger charge is 2.35. The summed E-state index contributed by atoms with van der Waals surface area (Å²) in [6.45, 7) is 0.497. The van der Waals surface area contributed by atoms with Gasteiger partial charge in [0.2, 0.25) is 5.91 Å². The largest absolute Gasteiger partial charge is 0.508 e. The third-order valence-electron chi connectivity index (χ3n) is 3.65. The molecule has 0 bridgehead atoms.